The van der Waals surface area contributed by atoms with Crippen molar-refractivity contribution in [2.24, 2.45) is 0 Å². The molecule has 0 bridgehead atoms. The normalized spacial score (nSPS) is 23.0. The van der Waals surface area contributed by atoms with E-state index in [0.717, 1.165) is 24.6 Å². The number of hydrogen-bond donors (Lipinski definition) is 1. The van der Waals surface area contributed by atoms with Gasteiger partial charge in [-0.3, -0.25) is 4.90 Å². The summed E-state index contributed by atoms with van der Waals surface area (Å²) in [4.78, 5) is 13.0. The molecular formula is C17H22FNO2. The van der Waals surface area contributed by atoms with Gasteiger partial charge in [0.25, 0.3) is 0 Å². The number of aliphatic carboxylic acids is 1. The van der Waals surface area contributed by atoms with Crippen molar-refractivity contribution < 1.29 is 14.3 Å². The lowest BCUT2D eigenvalue weighted by Crippen LogP contribution is -2.33. The van der Waals surface area contributed by atoms with Crippen LogP contribution in [-0.2, 0) is 11.3 Å². The Morgan fingerprint density at radius 3 is 2.90 bits per heavy atom. The van der Waals surface area contributed by atoms with Crippen LogP contribution in [-0.4, -0.2) is 28.1 Å². The minimum absolute atomic E-state index is 0.329. The lowest BCUT2D eigenvalue weighted by Gasteiger charge is -2.27. The maximum absolute atomic E-state index is 13.7. The second-order valence-corrected chi connectivity index (χ2v) is 5.69. The zero-order chi connectivity index (χ0) is 15.4. The summed E-state index contributed by atoms with van der Waals surface area (Å²) >= 11 is 0. The second kappa shape index (κ2) is 6.85. The molecule has 1 aliphatic rings. The second-order valence-electron chi connectivity index (χ2n) is 5.69. The van der Waals surface area contributed by atoms with E-state index in [0.29, 0.717) is 17.6 Å². The van der Waals surface area contributed by atoms with Crippen molar-refractivity contribution in [3.05, 3.63) is 41.2 Å². The number of rotatable bonds is 5. The van der Waals surface area contributed by atoms with Gasteiger partial charge in [0.05, 0.1) is 0 Å². The van der Waals surface area contributed by atoms with Crippen molar-refractivity contribution in [3.63, 3.8) is 0 Å². The summed E-state index contributed by atoms with van der Waals surface area (Å²) in [6, 6.07) is 6.07. The summed E-state index contributed by atoms with van der Waals surface area (Å²) in [5.74, 6) is -1.46. The molecule has 0 saturated carbocycles. The van der Waals surface area contributed by atoms with E-state index in [1.54, 1.807) is 12.1 Å². The van der Waals surface area contributed by atoms with E-state index < -0.39 is 11.8 Å². The number of hydrogen-bond acceptors (Lipinski definition) is 2. The molecule has 114 valence electrons. The van der Waals surface area contributed by atoms with Gasteiger partial charge in [0.2, 0.25) is 0 Å². The average Bonchev–Trinajstić information content (AvgIpc) is 2.80. The summed E-state index contributed by atoms with van der Waals surface area (Å²) in [5.41, 5.74) is 1.35. The topological polar surface area (TPSA) is 40.5 Å². The zero-order valence-electron chi connectivity index (χ0n) is 12.6. The molecule has 0 radical (unpaired) electrons. The molecule has 1 fully saturated rings. The Morgan fingerprint density at radius 1 is 1.48 bits per heavy atom. The van der Waals surface area contributed by atoms with Crippen molar-refractivity contribution in [3.8, 4) is 0 Å². The summed E-state index contributed by atoms with van der Waals surface area (Å²) in [6.45, 7) is 5.21. The monoisotopic (exact) mass is 291 g/mol. The van der Waals surface area contributed by atoms with Crippen molar-refractivity contribution in [2.75, 3.05) is 0 Å². The Bertz CT molecular complexity index is 542. The first-order valence-electron chi connectivity index (χ1n) is 7.46. The highest BCUT2D eigenvalue weighted by atomic mass is 19.1. The van der Waals surface area contributed by atoms with Gasteiger partial charge in [-0.1, -0.05) is 13.0 Å². The van der Waals surface area contributed by atoms with Crippen LogP contribution >= 0.6 is 0 Å². The third kappa shape index (κ3) is 3.91. The molecule has 0 aromatic heterocycles. The first kappa shape index (κ1) is 15.7. The number of benzene rings is 1. The highest BCUT2D eigenvalue weighted by molar-refractivity contribution is 5.85. The van der Waals surface area contributed by atoms with Gasteiger partial charge in [-0.2, -0.15) is 0 Å². The summed E-state index contributed by atoms with van der Waals surface area (Å²) in [6.07, 6.45) is 5.81. The lowest BCUT2D eigenvalue weighted by atomic mass is 10.1. The van der Waals surface area contributed by atoms with Gasteiger partial charge in [-0.05, 0) is 50.0 Å². The van der Waals surface area contributed by atoms with Crippen LogP contribution in [0, 0.1) is 5.82 Å². The molecular weight excluding hydrogens is 269 g/mol. The molecule has 1 aromatic rings. The van der Waals surface area contributed by atoms with Crippen molar-refractivity contribution in [1.29, 1.82) is 0 Å². The molecule has 0 spiro atoms. The molecule has 2 atom stereocenters. The molecule has 1 heterocycles. The molecule has 1 N–H and O–H groups in total. The van der Waals surface area contributed by atoms with Crippen molar-refractivity contribution >= 4 is 12.0 Å². The van der Waals surface area contributed by atoms with E-state index in [9.17, 15) is 9.18 Å². The third-order valence-corrected chi connectivity index (χ3v) is 4.26. The van der Waals surface area contributed by atoms with Crippen molar-refractivity contribution in [1.82, 2.24) is 4.90 Å². The van der Waals surface area contributed by atoms with Crippen LogP contribution in [0.4, 0.5) is 4.39 Å². The fraction of sp³-hybridized carbons (Fsp3) is 0.471. The molecule has 1 aliphatic heterocycles. The van der Waals surface area contributed by atoms with Gasteiger partial charge < -0.3 is 5.11 Å². The quantitative estimate of drug-likeness (QED) is 0.841. The van der Waals surface area contributed by atoms with Gasteiger partial charge >= 0.3 is 5.97 Å². The van der Waals surface area contributed by atoms with E-state index in [-0.39, 0.29) is 0 Å². The van der Waals surface area contributed by atoms with Crippen LogP contribution in [0.3, 0.4) is 0 Å². The van der Waals surface area contributed by atoms with Gasteiger partial charge in [0.15, 0.2) is 0 Å². The van der Waals surface area contributed by atoms with Crippen LogP contribution in [0.25, 0.3) is 6.08 Å². The van der Waals surface area contributed by atoms with E-state index in [4.69, 9.17) is 5.11 Å². The SMILES string of the molecule is CCC1CCC(C)N1Cc1ccc(F)c(/C=C/C(=O)O)c1. The summed E-state index contributed by atoms with van der Waals surface area (Å²) in [5, 5.41) is 8.65. The Kier molecular flexibility index (Phi) is 5.12. The predicted octanol–water partition coefficient (Wildman–Crippen LogP) is 3.69. The number of likely N-dealkylation sites (tertiary alicyclic amines) is 1. The Hall–Kier alpha value is -1.68. The third-order valence-electron chi connectivity index (χ3n) is 4.26. The van der Waals surface area contributed by atoms with Gasteiger partial charge in [0.1, 0.15) is 5.82 Å². The lowest BCUT2D eigenvalue weighted by molar-refractivity contribution is -0.131. The van der Waals surface area contributed by atoms with Gasteiger partial charge in [-0.15, -0.1) is 0 Å². The number of halogens is 1. The highest BCUT2D eigenvalue weighted by Gasteiger charge is 2.28. The molecule has 1 aromatic carbocycles. The zero-order valence-corrected chi connectivity index (χ0v) is 12.6. The molecule has 21 heavy (non-hydrogen) atoms. The smallest absolute Gasteiger partial charge is 0.328 e. The Balaban J connectivity index is 2.17. The minimum atomic E-state index is -1.07. The maximum Gasteiger partial charge on any atom is 0.328 e. The molecule has 3 nitrogen and oxygen atoms in total. The van der Waals surface area contributed by atoms with E-state index in [2.05, 4.69) is 18.7 Å². The highest BCUT2D eigenvalue weighted by Crippen LogP contribution is 2.28. The Morgan fingerprint density at radius 2 is 2.24 bits per heavy atom. The number of carbonyl (C=O) groups is 1. The molecule has 1 saturated heterocycles. The predicted molar refractivity (Wildman–Crippen MR) is 81.4 cm³/mol. The van der Waals surface area contributed by atoms with E-state index in [1.165, 1.54) is 25.0 Å². The average molecular weight is 291 g/mol. The summed E-state index contributed by atoms with van der Waals surface area (Å²) < 4.78 is 13.7. The standard InChI is InChI=1S/C17H22FNO2/c1-3-15-7-4-12(2)19(15)11-13-5-8-16(18)14(10-13)6-9-17(20)21/h5-6,8-10,12,15H,3-4,7,11H2,1-2H3,(H,20,21)/b9-6+. The number of carboxylic acid groups (broad SMARTS) is 1. The maximum atomic E-state index is 13.7. The van der Waals surface area contributed by atoms with Crippen LogP contribution < -0.4 is 0 Å². The van der Waals surface area contributed by atoms with Crippen LogP contribution in [0.2, 0.25) is 0 Å². The van der Waals surface area contributed by atoms with Crippen molar-refractivity contribution in [2.45, 2.75) is 51.7 Å². The number of nitrogens with zero attached hydrogens (tertiary/aromatic N) is 1. The molecule has 0 aliphatic carbocycles. The number of carboxylic acids is 1. The van der Waals surface area contributed by atoms with Gasteiger partial charge in [-0.25, -0.2) is 9.18 Å². The molecule has 0 amide bonds. The van der Waals surface area contributed by atoms with Crippen LogP contribution in [0.15, 0.2) is 24.3 Å². The van der Waals surface area contributed by atoms with E-state index >= 15 is 0 Å². The fourth-order valence-electron chi connectivity index (χ4n) is 3.04. The summed E-state index contributed by atoms with van der Waals surface area (Å²) in [7, 11) is 0. The first-order chi connectivity index (χ1) is 10.0. The Labute approximate surface area is 125 Å². The molecule has 2 unspecified atom stereocenters. The molecule has 4 heteroatoms. The van der Waals surface area contributed by atoms with Gasteiger partial charge in [0, 0.05) is 30.3 Å². The minimum Gasteiger partial charge on any atom is -0.478 e. The fourth-order valence-corrected chi connectivity index (χ4v) is 3.04. The van der Waals surface area contributed by atoms with E-state index in [1.807, 2.05) is 0 Å². The van der Waals surface area contributed by atoms with Crippen LogP contribution in [0.5, 0.6) is 0 Å². The molecule has 2 rings (SSSR count). The first-order valence-corrected chi connectivity index (χ1v) is 7.46. The van der Waals surface area contributed by atoms with Crippen LogP contribution in [0.1, 0.15) is 44.2 Å². The largest absolute Gasteiger partial charge is 0.478 e.